The molecule has 1 fully saturated rings. The zero-order valence-corrected chi connectivity index (χ0v) is 30.5. The fourth-order valence-corrected chi connectivity index (χ4v) is 7.05. The second-order valence-electron chi connectivity index (χ2n) is 13.2. The number of benzene rings is 6. The van der Waals surface area contributed by atoms with Gasteiger partial charge in [0.05, 0.1) is 24.7 Å². The quantitative estimate of drug-likeness (QED) is 0.0552. The van der Waals surface area contributed by atoms with Crippen molar-refractivity contribution in [3.63, 3.8) is 0 Å². The third-order valence-electron chi connectivity index (χ3n) is 9.74. The van der Waals surface area contributed by atoms with Crippen LogP contribution in [0.15, 0.2) is 176 Å². The monoisotopic (exact) mass is 737 g/mol. The van der Waals surface area contributed by atoms with Crippen LogP contribution in [0.3, 0.4) is 0 Å². The van der Waals surface area contributed by atoms with Gasteiger partial charge in [0.25, 0.3) is 5.69 Å². The first-order valence-electron chi connectivity index (χ1n) is 18.3. The molecule has 0 aliphatic carbocycles. The maximum absolute atomic E-state index is 11.5. The van der Waals surface area contributed by atoms with E-state index >= 15 is 0 Å². The SMILES string of the molecule is CO[C@@H]1[C@H](OCc2ccccc2)[C@@H](OCc2ccccc2)[C@@H](Oc2ccc([N+](=O)[O-])cc2)O[C@@H]1COC(c1ccccc1)(c1ccccc1)c1ccccc1. The summed E-state index contributed by atoms with van der Waals surface area (Å²) in [5.41, 5.74) is 3.67. The highest BCUT2D eigenvalue weighted by molar-refractivity contribution is 5.47. The lowest BCUT2D eigenvalue weighted by molar-refractivity contribution is -0.384. The van der Waals surface area contributed by atoms with E-state index in [2.05, 4.69) is 36.4 Å². The summed E-state index contributed by atoms with van der Waals surface area (Å²) in [5.74, 6) is 0.369. The maximum Gasteiger partial charge on any atom is 0.269 e. The van der Waals surface area contributed by atoms with Crippen LogP contribution < -0.4 is 4.74 Å². The minimum Gasteiger partial charge on any atom is -0.462 e. The lowest BCUT2D eigenvalue weighted by Crippen LogP contribution is -2.62. The van der Waals surface area contributed by atoms with Gasteiger partial charge in [-0.15, -0.1) is 0 Å². The number of rotatable bonds is 16. The van der Waals surface area contributed by atoms with Crippen LogP contribution in [-0.4, -0.2) is 49.3 Å². The summed E-state index contributed by atoms with van der Waals surface area (Å²) < 4.78 is 40.3. The number of nitro groups is 1. The first kappa shape index (κ1) is 37.6. The second kappa shape index (κ2) is 18.1. The Hall–Kier alpha value is -5.68. The molecule has 1 saturated heterocycles. The molecular formula is C46H43NO8. The number of hydrogen-bond donors (Lipinski definition) is 0. The third-order valence-corrected chi connectivity index (χ3v) is 9.74. The van der Waals surface area contributed by atoms with Crippen LogP contribution in [0, 0.1) is 10.1 Å². The molecule has 0 unspecified atom stereocenters. The summed E-state index contributed by atoms with van der Waals surface area (Å²) in [7, 11) is 1.63. The van der Waals surface area contributed by atoms with Gasteiger partial charge in [0.1, 0.15) is 35.8 Å². The Morgan fingerprint density at radius 3 is 1.45 bits per heavy atom. The van der Waals surface area contributed by atoms with Crippen LogP contribution in [0.5, 0.6) is 5.75 Å². The Morgan fingerprint density at radius 1 is 0.582 bits per heavy atom. The average molecular weight is 738 g/mol. The summed E-state index contributed by atoms with van der Waals surface area (Å²) >= 11 is 0. The van der Waals surface area contributed by atoms with Crippen molar-refractivity contribution in [2.45, 2.75) is 49.5 Å². The Labute approximate surface area is 321 Å². The van der Waals surface area contributed by atoms with Crippen molar-refractivity contribution in [1.82, 2.24) is 0 Å². The van der Waals surface area contributed by atoms with Gasteiger partial charge < -0.3 is 28.4 Å². The van der Waals surface area contributed by atoms with Crippen molar-refractivity contribution in [2.75, 3.05) is 13.7 Å². The molecule has 280 valence electrons. The molecule has 6 aromatic rings. The molecular weight excluding hydrogens is 695 g/mol. The van der Waals surface area contributed by atoms with E-state index in [-0.39, 0.29) is 25.5 Å². The number of methoxy groups -OCH3 is 1. The first-order chi connectivity index (χ1) is 27.0. The first-order valence-corrected chi connectivity index (χ1v) is 18.3. The molecule has 1 heterocycles. The van der Waals surface area contributed by atoms with Crippen molar-refractivity contribution in [3.05, 3.63) is 214 Å². The van der Waals surface area contributed by atoms with Gasteiger partial charge in [-0.25, -0.2) is 0 Å². The normalized spacial score (nSPS) is 19.8. The number of non-ortho nitro benzene ring substituents is 1. The molecule has 0 amide bonds. The van der Waals surface area contributed by atoms with Crippen LogP contribution in [0.25, 0.3) is 0 Å². The number of hydrogen-bond acceptors (Lipinski definition) is 8. The maximum atomic E-state index is 11.5. The average Bonchev–Trinajstić information content (AvgIpc) is 3.25. The number of nitro benzene ring substituents is 1. The highest BCUT2D eigenvalue weighted by Crippen LogP contribution is 2.42. The third kappa shape index (κ3) is 8.84. The molecule has 55 heavy (non-hydrogen) atoms. The molecule has 0 N–H and O–H groups in total. The zero-order valence-electron chi connectivity index (χ0n) is 30.5. The largest absolute Gasteiger partial charge is 0.462 e. The fourth-order valence-electron chi connectivity index (χ4n) is 7.05. The summed E-state index contributed by atoms with van der Waals surface area (Å²) in [6, 6.07) is 56.0. The zero-order chi connectivity index (χ0) is 37.9. The van der Waals surface area contributed by atoms with E-state index in [9.17, 15) is 10.1 Å². The van der Waals surface area contributed by atoms with Crippen LogP contribution in [0.1, 0.15) is 27.8 Å². The summed E-state index contributed by atoms with van der Waals surface area (Å²) in [4.78, 5) is 11.0. The fraction of sp³-hybridized carbons (Fsp3) is 0.217. The molecule has 0 saturated carbocycles. The minimum absolute atomic E-state index is 0.0531. The van der Waals surface area contributed by atoms with Gasteiger partial charge in [0, 0.05) is 19.2 Å². The Balaban J connectivity index is 1.28. The molecule has 9 heteroatoms. The van der Waals surface area contributed by atoms with E-state index < -0.39 is 41.2 Å². The lowest BCUT2D eigenvalue weighted by Gasteiger charge is -2.46. The molecule has 1 aliphatic rings. The molecule has 5 atom stereocenters. The Bertz CT molecular complexity index is 1960. The van der Waals surface area contributed by atoms with E-state index in [1.807, 2.05) is 115 Å². The molecule has 0 spiro atoms. The summed E-state index contributed by atoms with van der Waals surface area (Å²) in [6.45, 7) is 0.585. The van der Waals surface area contributed by atoms with Crippen molar-refractivity contribution < 1.29 is 33.3 Å². The van der Waals surface area contributed by atoms with E-state index in [0.717, 1.165) is 27.8 Å². The number of nitrogens with zero attached hydrogens (tertiary/aromatic N) is 1. The van der Waals surface area contributed by atoms with E-state index in [4.69, 9.17) is 28.4 Å². The molecule has 7 rings (SSSR count). The van der Waals surface area contributed by atoms with Crippen LogP contribution in [-0.2, 0) is 42.5 Å². The van der Waals surface area contributed by atoms with Gasteiger partial charge in [0.2, 0.25) is 6.29 Å². The van der Waals surface area contributed by atoms with Gasteiger partial charge in [0.15, 0.2) is 0 Å². The lowest BCUT2D eigenvalue weighted by atomic mass is 9.80. The molecule has 0 bridgehead atoms. The summed E-state index contributed by atoms with van der Waals surface area (Å²) in [5, 5.41) is 11.5. The van der Waals surface area contributed by atoms with Gasteiger partial charge in [-0.2, -0.15) is 0 Å². The highest BCUT2D eigenvalue weighted by Gasteiger charge is 2.50. The predicted octanol–water partition coefficient (Wildman–Crippen LogP) is 8.89. The molecule has 1 aliphatic heterocycles. The second-order valence-corrected chi connectivity index (χ2v) is 13.2. The Kier molecular flexibility index (Phi) is 12.4. The van der Waals surface area contributed by atoms with Crippen molar-refractivity contribution >= 4 is 5.69 Å². The van der Waals surface area contributed by atoms with Gasteiger partial charge in [-0.1, -0.05) is 152 Å². The molecule has 9 nitrogen and oxygen atoms in total. The van der Waals surface area contributed by atoms with E-state index in [1.165, 1.54) is 12.1 Å². The minimum atomic E-state index is -1.03. The highest BCUT2D eigenvalue weighted by atomic mass is 16.7. The standard InChI is InChI=1S/C46H43NO8/c1-50-42-41(33-53-46(36-21-11-4-12-22-36,37-23-13-5-14-24-37)38-25-15-6-16-26-38)55-45(54-40-29-27-39(28-30-40)47(48)49)44(52-32-35-19-9-3-10-20-35)43(42)51-31-34-17-7-2-8-18-34/h2-30,41-45H,31-33H2,1H3/t41-,42+,43+,44-,45+/m1/s1. The van der Waals surface area contributed by atoms with Crippen LogP contribution in [0.2, 0.25) is 0 Å². The molecule has 0 aromatic heterocycles. The Morgan fingerprint density at radius 2 is 1.02 bits per heavy atom. The van der Waals surface area contributed by atoms with Crippen LogP contribution in [0.4, 0.5) is 5.69 Å². The van der Waals surface area contributed by atoms with Gasteiger partial charge >= 0.3 is 0 Å². The van der Waals surface area contributed by atoms with E-state index in [1.54, 1.807) is 19.2 Å². The molecule has 6 aromatic carbocycles. The topological polar surface area (TPSA) is 98.5 Å². The van der Waals surface area contributed by atoms with Gasteiger partial charge in [-0.3, -0.25) is 10.1 Å². The van der Waals surface area contributed by atoms with Crippen LogP contribution >= 0.6 is 0 Å². The van der Waals surface area contributed by atoms with Crippen molar-refractivity contribution in [1.29, 1.82) is 0 Å². The van der Waals surface area contributed by atoms with Gasteiger partial charge in [-0.05, 0) is 39.9 Å². The smallest absolute Gasteiger partial charge is 0.269 e. The van der Waals surface area contributed by atoms with Crippen molar-refractivity contribution in [3.8, 4) is 5.75 Å². The van der Waals surface area contributed by atoms with E-state index in [0.29, 0.717) is 5.75 Å². The summed E-state index contributed by atoms with van der Waals surface area (Å²) in [6.07, 6.45) is -3.89. The number of ether oxygens (including phenoxy) is 6. The predicted molar refractivity (Wildman–Crippen MR) is 208 cm³/mol. The molecule has 0 radical (unpaired) electrons. The van der Waals surface area contributed by atoms with Crippen molar-refractivity contribution in [2.24, 2.45) is 0 Å².